The molecular formula is C20H21BrClN3O3. The molecule has 0 saturated carbocycles. The molecule has 0 atom stereocenters. The first-order valence-corrected chi connectivity index (χ1v) is 10.3. The Balaban J connectivity index is 1.38. The minimum Gasteiger partial charge on any atom is -0.492 e. The van der Waals surface area contributed by atoms with Gasteiger partial charge in [-0.05, 0) is 36.8 Å². The molecule has 1 aliphatic heterocycles. The van der Waals surface area contributed by atoms with Crippen molar-refractivity contribution in [3.63, 3.8) is 0 Å². The molecule has 0 N–H and O–H groups in total. The smallest absolute Gasteiger partial charge is 0.255 e. The zero-order chi connectivity index (χ0) is 19.9. The van der Waals surface area contributed by atoms with Gasteiger partial charge in [-0.2, -0.15) is 0 Å². The maximum Gasteiger partial charge on any atom is 0.255 e. The van der Waals surface area contributed by atoms with E-state index in [1.54, 1.807) is 46.5 Å². The lowest BCUT2D eigenvalue weighted by molar-refractivity contribution is -0.132. The molecule has 0 spiro atoms. The highest BCUT2D eigenvalue weighted by atomic mass is 79.9. The quantitative estimate of drug-likeness (QED) is 0.610. The summed E-state index contributed by atoms with van der Waals surface area (Å²) in [4.78, 5) is 32.4. The lowest BCUT2D eigenvalue weighted by Gasteiger charge is -2.34. The Kier molecular flexibility index (Phi) is 7.28. The molecule has 28 heavy (non-hydrogen) atoms. The molecule has 2 heterocycles. The van der Waals surface area contributed by atoms with E-state index in [4.69, 9.17) is 16.3 Å². The van der Waals surface area contributed by atoms with Gasteiger partial charge in [-0.15, -0.1) is 0 Å². The van der Waals surface area contributed by atoms with Crippen LogP contribution in [0.1, 0.15) is 23.2 Å². The summed E-state index contributed by atoms with van der Waals surface area (Å²) in [6.07, 6.45) is 4.23. The van der Waals surface area contributed by atoms with Gasteiger partial charge in [-0.25, -0.2) is 0 Å². The van der Waals surface area contributed by atoms with Crippen LogP contribution in [0.4, 0.5) is 0 Å². The molecule has 0 radical (unpaired) electrons. The van der Waals surface area contributed by atoms with Gasteiger partial charge in [0.2, 0.25) is 5.91 Å². The standard InChI is InChI=1S/C20H21BrClN3O3/c21-16-5-6-18(17(22)13-16)28-12-2-4-19(26)24-8-10-25(11-9-24)20(27)15-3-1-7-23-14-15/h1,3,5-7,13-14H,2,4,8-12H2. The Hall–Kier alpha value is -2.12. The molecule has 3 rings (SSSR count). The van der Waals surface area contributed by atoms with Crippen molar-refractivity contribution in [2.75, 3.05) is 32.8 Å². The van der Waals surface area contributed by atoms with Crippen LogP contribution in [0.2, 0.25) is 5.02 Å². The normalized spacial score (nSPS) is 14.1. The second-order valence-electron chi connectivity index (χ2n) is 6.44. The van der Waals surface area contributed by atoms with E-state index in [0.29, 0.717) is 62.0 Å². The number of pyridine rings is 1. The molecule has 148 valence electrons. The third-order valence-electron chi connectivity index (χ3n) is 4.51. The fraction of sp³-hybridized carbons (Fsp3) is 0.350. The Labute approximate surface area is 177 Å². The predicted octanol–water partition coefficient (Wildman–Crippen LogP) is 3.64. The number of benzene rings is 1. The number of amides is 2. The van der Waals surface area contributed by atoms with Gasteiger partial charge in [0.15, 0.2) is 0 Å². The molecule has 1 aromatic heterocycles. The number of halogens is 2. The van der Waals surface area contributed by atoms with Crippen molar-refractivity contribution in [1.29, 1.82) is 0 Å². The highest BCUT2D eigenvalue weighted by Gasteiger charge is 2.24. The molecule has 1 saturated heterocycles. The molecule has 0 aliphatic carbocycles. The van der Waals surface area contributed by atoms with Crippen molar-refractivity contribution >= 4 is 39.3 Å². The minimum absolute atomic E-state index is 0.0417. The van der Waals surface area contributed by atoms with E-state index in [-0.39, 0.29) is 11.8 Å². The van der Waals surface area contributed by atoms with E-state index in [1.165, 1.54) is 0 Å². The number of hydrogen-bond donors (Lipinski definition) is 0. The number of aromatic nitrogens is 1. The molecule has 2 aromatic rings. The first-order valence-electron chi connectivity index (χ1n) is 9.09. The van der Waals surface area contributed by atoms with E-state index >= 15 is 0 Å². The van der Waals surface area contributed by atoms with Crippen LogP contribution in [0.15, 0.2) is 47.2 Å². The van der Waals surface area contributed by atoms with Crippen LogP contribution in [0, 0.1) is 0 Å². The fourth-order valence-electron chi connectivity index (χ4n) is 2.99. The van der Waals surface area contributed by atoms with Crippen molar-refractivity contribution < 1.29 is 14.3 Å². The van der Waals surface area contributed by atoms with Gasteiger partial charge in [0.05, 0.1) is 17.2 Å². The van der Waals surface area contributed by atoms with Gasteiger partial charge in [-0.1, -0.05) is 27.5 Å². The molecule has 0 bridgehead atoms. The Bertz CT molecular complexity index is 827. The number of carbonyl (C=O) groups is 2. The average molecular weight is 467 g/mol. The maximum absolute atomic E-state index is 12.4. The Morgan fingerprint density at radius 2 is 1.89 bits per heavy atom. The number of hydrogen-bond acceptors (Lipinski definition) is 4. The number of carbonyl (C=O) groups excluding carboxylic acids is 2. The van der Waals surface area contributed by atoms with Gasteiger partial charge in [0.1, 0.15) is 5.75 Å². The van der Waals surface area contributed by atoms with E-state index < -0.39 is 0 Å². The first kappa shape index (κ1) is 20.6. The monoisotopic (exact) mass is 465 g/mol. The highest BCUT2D eigenvalue weighted by molar-refractivity contribution is 9.10. The fourth-order valence-corrected chi connectivity index (χ4v) is 3.71. The Morgan fingerprint density at radius 3 is 2.57 bits per heavy atom. The first-order chi connectivity index (χ1) is 13.5. The van der Waals surface area contributed by atoms with Crippen molar-refractivity contribution in [2.45, 2.75) is 12.8 Å². The summed E-state index contributed by atoms with van der Waals surface area (Å²) in [5.41, 5.74) is 0.575. The Morgan fingerprint density at radius 1 is 1.14 bits per heavy atom. The second kappa shape index (κ2) is 9.89. The third-order valence-corrected chi connectivity index (χ3v) is 5.30. The molecule has 2 amide bonds. The number of nitrogens with zero attached hydrogens (tertiary/aromatic N) is 3. The second-order valence-corrected chi connectivity index (χ2v) is 7.76. The summed E-state index contributed by atoms with van der Waals surface area (Å²) >= 11 is 9.46. The van der Waals surface area contributed by atoms with Crippen LogP contribution in [0.3, 0.4) is 0 Å². The van der Waals surface area contributed by atoms with Crippen molar-refractivity contribution in [1.82, 2.24) is 14.8 Å². The van der Waals surface area contributed by atoms with Gasteiger partial charge in [0, 0.05) is 49.5 Å². The summed E-state index contributed by atoms with van der Waals surface area (Å²) in [6.45, 7) is 2.58. The SMILES string of the molecule is O=C(CCCOc1ccc(Br)cc1Cl)N1CCN(C(=O)c2cccnc2)CC1. The van der Waals surface area contributed by atoms with Crippen LogP contribution < -0.4 is 4.74 Å². The van der Waals surface area contributed by atoms with E-state index in [2.05, 4.69) is 20.9 Å². The maximum atomic E-state index is 12.4. The lowest BCUT2D eigenvalue weighted by atomic mass is 10.2. The summed E-state index contributed by atoms with van der Waals surface area (Å²) < 4.78 is 6.53. The molecule has 6 nitrogen and oxygen atoms in total. The van der Waals surface area contributed by atoms with Crippen LogP contribution >= 0.6 is 27.5 Å². The van der Waals surface area contributed by atoms with Crippen molar-refractivity contribution in [3.05, 3.63) is 57.8 Å². The van der Waals surface area contributed by atoms with Gasteiger partial charge >= 0.3 is 0 Å². The third kappa shape index (κ3) is 5.45. The van der Waals surface area contributed by atoms with E-state index in [1.807, 2.05) is 6.07 Å². The van der Waals surface area contributed by atoms with Crippen LogP contribution in [0.25, 0.3) is 0 Å². The summed E-state index contributed by atoms with van der Waals surface area (Å²) in [7, 11) is 0. The van der Waals surface area contributed by atoms with Crippen LogP contribution in [0.5, 0.6) is 5.75 Å². The minimum atomic E-state index is -0.0417. The highest BCUT2D eigenvalue weighted by Crippen LogP contribution is 2.27. The number of piperazine rings is 1. The van der Waals surface area contributed by atoms with Gasteiger partial charge < -0.3 is 14.5 Å². The molecule has 1 fully saturated rings. The zero-order valence-corrected chi connectivity index (χ0v) is 17.7. The average Bonchev–Trinajstić information content (AvgIpc) is 2.72. The molecule has 0 unspecified atom stereocenters. The number of ether oxygens (including phenoxy) is 1. The van der Waals surface area contributed by atoms with Gasteiger partial charge in [-0.3, -0.25) is 14.6 Å². The lowest BCUT2D eigenvalue weighted by Crippen LogP contribution is -2.50. The zero-order valence-electron chi connectivity index (χ0n) is 15.3. The predicted molar refractivity (Wildman–Crippen MR) is 111 cm³/mol. The van der Waals surface area contributed by atoms with E-state index in [0.717, 1.165) is 4.47 Å². The summed E-state index contributed by atoms with van der Waals surface area (Å²) in [6, 6.07) is 8.93. The van der Waals surface area contributed by atoms with Crippen molar-refractivity contribution in [2.24, 2.45) is 0 Å². The molecule has 8 heteroatoms. The topological polar surface area (TPSA) is 62.7 Å². The molecule has 1 aliphatic rings. The van der Waals surface area contributed by atoms with Crippen LogP contribution in [-0.2, 0) is 4.79 Å². The van der Waals surface area contributed by atoms with E-state index in [9.17, 15) is 9.59 Å². The number of rotatable bonds is 6. The van der Waals surface area contributed by atoms with Crippen molar-refractivity contribution in [3.8, 4) is 5.75 Å². The largest absolute Gasteiger partial charge is 0.492 e. The summed E-state index contributed by atoms with van der Waals surface area (Å²) in [5.74, 6) is 0.652. The molecular weight excluding hydrogens is 446 g/mol. The molecule has 1 aromatic carbocycles. The summed E-state index contributed by atoms with van der Waals surface area (Å²) in [5, 5.41) is 0.537. The van der Waals surface area contributed by atoms with Crippen LogP contribution in [-0.4, -0.2) is 59.4 Å². The van der Waals surface area contributed by atoms with Gasteiger partial charge in [0.25, 0.3) is 5.91 Å².